The highest BCUT2D eigenvalue weighted by atomic mass is 19.1. The summed E-state index contributed by atoms with van der Waals surface area (Å²) in [6.45, 7) is 0. The van der Waals surface area contributed by atoms with E-state index in [4.69, 9.17) is 5.11 Å². The van der Waals surface area contributed by atoms with Gasteiger partial charge in [0.2, 0.25) is 0 Å². The summed E-state index contributed by atoms with van der Waals surface area (Å²) in [5.41, 5.74) is 1.23. The molecule has 0 radical (unpaired) electrons. The minimum atomic E-state index is -1.10. The van der Waals surface area contributed by atoms with Crippen LogP contribution in [0.25, 0.3) is 12.2 Å². The number of rotatable bonds is 5. The Morgan fingerprint density at radius 1 is 0.955 bits per heavy atom. The zero-order valence-electron chi connectivity index (χ0n) is 11.6. The third-order valence-corrected chi connectivity index (χ3v) is 2.92. The number of halogens is 1. The minimum absolute atomic E-state index is 0.213. The molecule has 0 aliphatic heterocycles. The highest BCUT2D eigenvalue weighted by Gasteiger charge is 2.03. The molecule has 3 nitrogen and oxygen atoms in total. The predicted octanol–water partition coefficient (Wildman–Crippen LogP) is 3.82. The first-order chi connectivity index (χ1) is 10.6. The number of hydrogen-bond acceptors (Lipinski definition) is 2. The van der Waals surface area contributed by atoms with E-state index in [2.05, 4.69) is 0 Å². The molecule has 0 saturated carbocycles. The van der Waals surface area contributed by atoms with E-state index in [1.165, 1.54) is 30.4 Å². The average Bonchev–Trinajstić information content (AvgIpc) is 2.52. The van der Waals surface area contributed by atoms with Crippen LogP contribution in [-0.2, 0) is 4.79 Å². The van der Waals surface area contributed by atoms with Crippen molar-refractivity contribution in [1.82, 2.24) is 0 Å². The molecule has 22 heavy (non-hydrogen) atoms. The molecule has 0 aliphatic carbocycles. The number of carboxylic acids is 1. The van der Waals surface area contributed by atoms with Gasteiger partial charge in [0.15, 0.2) is 5.78 Å². The van der Waals surface area contributed by atoms with Crippen molar-refractivity contribution in [3.05, 3.63) is 83.2 Å². The third kappa shape index (κ3) is 4.24. The van der Waals surface area contributed by atoms with Gasteiger partial charge in [-0.1, -0.05) is 42.5 Å². The maximum Gasteiger partial charge on any atom is 0.328 e. The number of allylic oxidation sites excluding steroid dienone is 1. The second kappa shape index (κ2) is 7.13. The molecule has 0 aromatic heterocycles. The molecule has 1 N–H and O–H groups in total. The molecule has 0 heterocycles. The third-order valence-electron chi connectivity index (χ3n) is 2.92. The van der Waals surface area contributed by atoms with Crippen molar-refractivity contribution >= 4 is 23.9 Å². The fourth-order valence-corrected chi connectivity index (χ4v) is 1.81. The Morgan fingerprint density at radius 2 is 1.68 bits per heavy atom. The van der Waals surface area contributed by atoms with Crippen LogP contribution in [0.2, 0.25) is 0 Å². The molecule has 2 rings (SSSR count). The van der Waals surface area contributed by atoms with E-state index in [0.29, 0.717) is 11.1 Å². The molecule has 0 fully saturated rings. The number of ketones is 1. The standard InChI is InChI=1S/C18H13FO3/c19-16-12-13(7-11-18(21)22)6-8-14(16)9-10-17(20)15-4-2-1-3-5-15/h1-12H,(H,21,22). The predicted molar refractivity (Wildman–Crippen MR) is 82.9 cm³/mol. The Morgan fingerprint density at radius 3 is 2.32 bits per heavy atom. The monoisotopic (exact) mass is 296 g/mol. The summed E-state index contributed by atoms with van der Waals surface area (Å²) in [6.07, 6.45) is 4.94. The largest absolute Gasteiger partial charge is 0.478 e. The Kier molecular flexibility index (Phi) is 4.98. The van der Waals surface area contributed by atoms with Gasteiger partial charge in [-0.15, -0.1) is 0 Å². The Bertz CT molecular complexity index is 746. The van der Waals surface area contributed by atoms with Crippen molar-refractivity contribution in [3.8, 4) is 0 Å². The van der Waals surface area contributed by atoms with Gasteiger partial charge in [0.25, 0.3) is 0 Å². The molecule has 0 bridgehead atoms. The first kappa shape index (κ1) is 15.4. The minimum Gasteiger partial charge on any atom is -0.478 e. The lowest BCUT2D eigenvalue weighted by Crippen LogP contribution is -1.93. The van der Waals surface area contributed by atoms with Crippen LogP contribution in [0.3, 0.4) is 0 Å². The number of carboxylic acid groups (broad SMARTS) is 1. The van der Waals surface area contributed by atoms with E-state index < -0.39 is 11.8 Å². The molecule has 2 aromatic rings. The fourth-order valence-electron chi connectivity index (χ4n) is 1.81. The number of carbonyl (C=O) groups is 2. The number of carbonyl (C=O) groups excluding carboxylic acids is 1. The van der Waals surface area contributed by atoms with Crippen LogP contribution >= 0.6 is 0 Å². The normalized spacial score (nSPS) is 11.1. The van der Waals surface area contributed by atoms with Crippen LogP contribution in [0, 0.1) is 5.82 Å². The van der Waals surface area contributed by atoms with E-state index in [9.17, 15) is 14.0 Å². The summed E-state index contributed by atoms with van der Waals surface area (Å²) in [5, 5.41) is 8.52. The van der Waals surface area contributed by atoms with Crippen LogP contribution in [0.15, 0.2) is 60.7 Å². The van der Waals surface area contributed by atoms with Gasteiger partial charge >= 0.3 is 5.97 Å². The molecule has 2 aromatic carbocycles. The van der Waals surface area contributed by atoms with Crippen molar-refractivity contribution in [3.63, 3.8) is 0 Å². The molecule has 0 atom stereocenters. The van der Waals surface area contributed by atoms with Gasteiger partial charge in [0, 0.05) is 17.2 Å². The number of benzene rings is 2. The first-order valence-corrected chi connectivity index (χ1v) is 6.54. The molecule has 110 valence electrons. The highest BCUT2D eigenvalue weighted by molar-refractivity contribution is 6.06. The van der Waals surface area contributed by atoms with E-state index in [-0.39, 0.29) is 11.3 Å². The van der Waals surface area contributed by atoms with E-state index in [0.717, 1.165) is 6.08 Å². The lowest BCUT2D eigenvalue weighted by molar-refractivity contribution is -0.131. The average molecular weight is 296 g/mol. The molecule has 4 heteroatoms. The second-order valence-corrected chi connectivity index (χ2v) is 4.52. The Labute approximate surface area is 127 Å². The van der Waals surface area contributed by atoms with Crippen molar-refractivity contribution in [2.45, 2.75) is 0 Å². The summed E-state index contributed by atoms with van der Waals surface area (Å²) < 4.78 is 13.9. The molecule has 0 aliphatic rings. The van der Waals surface area contributed by atoms with Crippen LogP contribution in [0.1, 0.15) is 21.5 Å². The van der Waals surface area contributed by atoms with Crippen molar-refractivity contribution in [2.75, 3.05) is 0 Å². The van der Waals surface area contributed by atoms with Crippen LogP contribution in [0.5, 0.6) is 0 Å². The fraction of sp³-hybridized carbons (Fsp3) is 0. The van der Waals surface area contributed by atoms with Crippen LogP contribution < -0.4 is 0 Å². The lowest BCUT2D eigenvalue weighted by Gasteiger charge is -1.99. The maximum absolute atomic E-state index is 13.9. The van der Waals surface area contributed by atoms with Crippen molar-refractivity contribution < 1.29 is 19.1 Å². The van der Waals surface area contributed by atoms with Gasteiger partial charge in [-0.05, 0) is 29.9 Å². The number of aliphatic carboxylic acids is 1. The topological polar surface area (TPSA) is 54.4 Å². The second-order valence-electron chi connectivity index (χ2n) is 4.52. The van der Waals surface area contributed by atoms with Gasteiger partial charge in [-0.2, -0.15) is 0 Å². The molecular weight excluding hydrogens is 283 g/mol. The summed E-state index contributed by atoms with van der Waals surface area (Å²) in [5.74, 6) is -1.84. The summed E-state index contributed by atoms with van der Waals surface area (Å²) >= 11 is 0. The lowest BCUT2D eigenvalue weighted by atomic mass is 10.1. The quantitative estimate of drug-likeness (QED) is 0.674. The van der Waals surface area contributed by atoms with Crippen molar-refractivity contribution in [1.29, 1.82) is 0 Å². The summed E-state index contributed by atoms with van der Waals surface area (Å²) in [4.78, 5) is 22.3. The maximum atomic E-state index is 13.9. The Hall–Kier alpha value is -3.01. The smallest absolute Gasteiger partial charge is 0.328 e. The first-order valence-electron chi connectivity index (χ1n) is 6.54. The Balaban J connectivity index is 2.15. The summed E-state index contributed by atoms with van der Waals surface area (Å²) in [6, 6.07) is 13.0. The van der Waals surface area contributed by atoms with Gasteiger partial charge in [-0.3, -0.25) is 4.79 Å². The van der Waals surface area contributed by atoms with Crippen LogP contribution in [-0.4, -0.2) is 16.9 Å². The van der Waals surface area contributed by atoms with Gasteiger partial charge in [0.1, 0.15) is 5.82 Å². The molecule has 0 saturated heterocycles. The molecular formula is C18H13FO3. The van der Waals surface area contributed by atoms with Gasteiger partial charge < -0.3 is 5.11 Å². The molecule has 0 amide bonds. The van der Waals surface area contributed by atoms with E-state index in [1.54, 1.807) is 30.3 Å². The van der Waals surface area contributed by atoms with Crippen molar-refractivity contribution in [2.24, 2.45) is 0 Å². The zero-order chi connectivity index (χ0) is 15.9. The van der Waals surface area contributed by atoms with Gasteiger partial charge in [-0.25, -0.2) is 9.18 Å². The summed E-state index contributed by atoms with van der Waals surface area (Å²) in [7, 11) is 0. The number of hydrogen-bond donors (Lipinski definition) is 1. The van der Waals surface area contributed by atoms with E-state index >= 15 is 0 Å². The van der Waals surface area contributed by atoms with E-state index in [1.807, 2.05) is 6.07 Å². The molecule has 0 unspecified atom stereocenters. The SMILES string of the molecule is O=C(O)C=Cc1ccc(C=CC(=O)c2ccccc2)c(F)c1. The highest BCUT2D eigenvalue weighted by Crippen LogP contribution is 2.14. The molecule has 0 spiro atoms. The van der Waals surface area contributed by atoms with Crippen LogP contribution in [0.4, 0.5) is 4.39 Å². The van der Waals surface area contributed by atoms with Gasteiger partial charge in [0.05, 0.1) is 0 Å². The zero-order valence-corrected chi connectivity index (χ0v) is 11.6.